The van der Waals surface area contributed by atoms with E-state index in [0.29, 0.717) is 17.9 Å². The summed E-state index contributed by atoms with van der Waals surface area (Å²) in [6.07, 6.45) is 10.0. The van der Waals surface area contributed by atoms with Crippen LogP contribution in [-0.4, -0.2) is 36.5 Å². The van der Waals surface area contributed by atoms with Crippen LogP contribution in [-0.2, 0) is 4.79 Å². The van der Waals surface area contributed by atoms with Gasteiger partial charge in [-0.3, -0.25) is 4.79 Å². The number of carbonyl (C=O) groups is 1. The fraction of sp³-hybridized carbons (Fsp3) is 0.933. The average Bonchev–Trinajstić information content (AvgIpc) is 2.47. The fourth-order valence-corrected chi connectivity index (χ4v) is 4.20. The molecular weight excluding hydrogens is 224 g/mol. The van der Waals surface area contributed by atoms with Gasteiger partial charge in [0.2, 0.25) is 5.91 Å². The number of amides is 1. The molecule has 0 aromatic rings. The number of piperidine rings is 2. The number of likely N-dealkylation sites (tertiary alicyclic amines) is 1. The van der Waals surface area contributed by atoms with Gasteiger partial charge in [-0.2, -0.15) is 0 Å². The molecule has 1 saturated carbocycles. The molecule has 3 nitrogen and oxygen atoms in total. The average molecular weight is 250 g/mol. The van der Waals surface area contributed by atoms with Crippen molar-refractivity contribution in [3.05, 3.63) is 0 Å². The van der Waals surface area contributed by atoms with Gasteiger partial charge in [0.1, 0.15) is 0 Å². The van der Waals surface area contributed by atoms with Crippen LogP contribution in [0.3, 0.4) is 0 Å². The normalized spacial score (nSPS) is 34.1. The second-order valence-electron chi connectivity index (χ2n) is 6.31. The summed E-state index contributed by atoms with van der Waals surface area (Å²) < 4.78 is 0. The Hall–Kier alpha value is -0.570. The van der Waals surface area contributed by atoms with Gasteiger partial charge in [-0.25, -0.2) is 0 Å². The molecule has 0 aromatic heterocycles. The first-order valence-electron chi connectivity index (χ1n) is 7.87. The predicted molar refractivity (Wildman–Crippen MR) is 72.3 cm³/mol. The number of rotatable bonds is 1. The summed E-state index contributed by atoms with van der Waals surface area (Å²) in [5.41, 5.74) is 0. The zero-order valence-corrected chi connectivity index (χ0v) is 11.4. The van der Waals surface area contributed by atoms with Gasteiger partial charge in [-0.05, 0) is 57.5 Å². The molecule has 102 valence electrons. The van der Waals surface area contributed by atoms with Gasteiger partial charge < -0.3 is 10.2 Å². The Morgan fingerprint density at radius 3 is 2.50 bits per heavy atom. The van der Waals surface area contributed by atoms with Gasteiger partial charge in [0.25, 0.3) is 0 Å². The molecule has 2 heterocycles. The van der Waals surface area contributed by atoms with Crippen molar-refractivity contribution in [2.75, 3.05) is 19.6 Å². The van der Waals surface area contributed by atoms with Crippen molar-refractivity contribution >= 4 is 5.91 Å². The van der Waals surface area contributed by atoms with Crippen molar-refractivity contribution in [3.8, 4) is 0 Å². The summed E-state index contributed by atoms with van der Waals surface area (Å²) in [7, 11) is 0. The van der Waals surface area contributed by atoms with E-state index in [1.807, 2.05) is 0 Å². The molecule has 0 bridgehead atoms. The smallest absolute Gasteiger partial charge is 0.226 e. The van der Waals surface area contributed by atoms with E-state index in [1.54, 1.807) is 0 Å². The Labute approximate surface area is 110 Å². The van der Waals surface area contributed by atoms with Crippen LogP contribution < -0.4 is 5.32 Å². The zero-order chi connectivity index (χ0) is 12.4. The Morgan fingerprint density at radius 1 is 0.944 bits per heavy atom. The van der Waals surface area contributed by atoms with Crippen LogP contribution >= 0.6 is 0 Å². The van der Waals surface area contributed by atoms with Gasteiger partial charge in [0, 0.05) is 18.5 Å². The van der Waals surface area contributed by atoms with Crippen molar-refractivity contribution < 1.29 is 4.79 Å². The van der Waals surface area contributed by atoms with E-state index < -0.39 is 0 Å². The highest BCUT2D eigenvalue weighted by Gasteiger charge is 2.37. The minimum Gasteiger partial charge on any atom is -0.339 e. The highest BCUT2D eigenvalue weighted by atomic mass is 16.2. The predicted octanol–water partition coefficient (Wildman–Crippen LogP) is 2.17. The second kappa shape index (κ2) is 5.60. The summed E-state index contributed by atoms with van der Waals surface area (Å²) in [5, 5.41) is 3.36. The number of fused-ring (bicyclic) bond motifs is 1. The molecule has 3 fully saturated rings. The van der Waals surface area contributed by atoms with E-state index in [9.17, 15) is 4.79 Å². The van der Waals surface area contributed by atoms with Crippen LogP contribution in [0.25, 0.3) is 0 Å². The van der Waals surface area contributed by atoms with E-state index in [2.05, 4.69) is 10.2 Å². The molecule has 3 rings (SSSR count). The number of hydrogen-bond acceptors (Lipinski definition) is 2. The van der Waals surface area contributed by atoms with Gasteiger partial charge >= 0.3 is 0 Å². The minimum absolute atomic E-state index is 0.312. The highest BCUT2D eigenvalue weighted by Crippen LogP contribution is 2.36. The topological polar surface area (TPSA) is 32.3 Å². The third kappa shape index (κ3) is 2.42. The number of nitrogens with zero attached hydrogens (tertiary/aromatic N) is 1. The lowest BCUT2D eigenvalue weighted by Crippen LogP contribution is -2.52. The first-order chi connectivity index (χ1) is 8.86. The van der Waals surface area contributed by atoms with E-state index in [-0.39, 0.29) is 0 Å². The molecule has 0 radical (unpaired) electrons. The van der Waals surface area contributed by atoms with Crippen molar-refractivity contribution in [2.24, 2.45) is 11.8 Å². The fourth-order valence-electron chi connectivity index (χ4n) is 4.20. The van der Waals surface area contributed by atoms with Crippen LogP contribution in [0.4, 0.5) is 0 Å². The summed E-state index contributed by atoms with van der Waals surface area (Å²) >= 11 is 0. The van der Waals surface area contributed by atoms with Crippen LogP contribution in [0.15, 0.2) is 0 Å². The monoisotopic (exact) mass is 250 g/mol. The molecule has 0 spiro atoms. The maximum Gasteiger partial charge on any atom is 0.226 e. The summed E-state index contributed by atoms with van der Waals surface area (Å²) in [6.45, 7) is 3.08. The maximum absolute atomic E-state index is 12.7. The summed E-state index contributed by atoms with van der Waals surface area (Å²) in [5.74, 6) is 1.61. The lowest BCUT2D eigenvalue weighted by molar-refractivity contribution is -0.142. The minimum atomic E-state index is 0.312. The van der Waals surface area contributed by atoms with E-state index in [1.165, 1.54) is 38.5 Å². The zero-order valence-electron chi connectivity index (χ0n) is 11.4. The van der Waals surface area contributed by atoms with Crippen LogP contribution in [0.2, 0.25) is 0 Å². The third-order valence-corrected chi connectivity index (χ3v) is 5.21. The Morgan fingerprint density at radius 2 is 1.67 bits per heavy atom. The van der Waals surface area contributed by atoms with Crippen LogP contribution in [0.1, 0.15) is 51.4 Å². The van der Waals surface area contributed by atoms with Gasteiger partial charge in [0.05, 0.1) is 0 Å². The number of hydrogen-bond donors (Lipinski definition) is 1. The largest absolute Gasteiger partial charge is 0.339 e. The Kier molecular flexibility index (Phi) is 3.88. The van der Waals surface area contributed by atoms with E-state index in [0.717, 1.165) is 38.4 Å². The first kappa shape index (κ1) is 12.5. The summed E-state index contributed by atoms with van der Waals surface area (Å²) in [4.78, 5) is 15.0. The van der Waals surface area contributed by atoms with Crippen LogP contribution in [0.5, 0.6) is 0 Å². The molecule has 3 aliphatic rings. The molecule has 0 unspecified atom stereocenters. The van der Waals surface area contributed by atoms with Crippen molar-refractivity contribution in [1.82, 2.24) is 10.2 Å². The molecule has 2 saturated heterocycles. The molecule has 2 atom stereocenters. The Balaban J connectivity index is 1.67. The molecular formula is C15H26N2O. The van der Waals surface area contributed by atoms with Gasteiger partial charge in [-0.15, -0.1) is 0 Å². The first-order valence-corrected chi connectivity index (χ1v) is 7.87. The quantitative estimate of drug-likeness (QED) is 0.773. The number of nitrogens with one attached hydrogen (secondary N) is 1. The van der Waals surface area contributed by atoms with Gasteiger partial charge in [-0.1, -0.05) is 12.8 Å². The molecule has 2 aliphatic heterocycles. The lowest BCUT2D eigenvalue weighted by atomic mass is 9.77. The van der Waals surface area contributed by atoms with E-state index in [4.69, 9.17) is 0 Å². The van der Waals surface area contributed by atoms with Crippen molar-refractivity contribution in [1.29, 1.82) is 0 Å². The van der Waals surface area contributed by atoms with Gasteiger partial charge in [0.15, 0.2) is 0 Å². The molecule has 1 amide bonds. The molecule has 3 heteroatoms. The Bertz CT molecular complexity index is 297. The summed E-state index contributed by atoms with van der Waals surface area (Å²) in [6, 6.07) is 0.592. The van der Waals surface area contributed by atoms with E-state index >= 15 is 0 Å². The molecule has 1 aliphatic carbocycles. The third-order valence-electron chi connectivity index (χ3n) is 5.21. The second-order valence-corrected chi connectivity index (χ2v) is 6.31. The van der Waals surface area contributed by atoms with Crippen molar-refractivity contribution in [2.45, 2.75) is 57.4 Å². The highest BCUT2D eigenvalue weighted by molar-refractivity contribution is 5.79. The lowest BCUT2D eigenvalue weighted by Gasteiger charge is -2.45. The van der Waals surface area contributed by atoms with Crippen LogP contribution in [0, 0.1) is 11.8 Å². The molecule has 0 aromatic carbocycles. The SMILES string of the molecule is O=C(C1CCNCC1)N1CCC[C@H]2CCCC[C@H]21. The standard InChI is InChI=1S/C15H26N2O/c18-15(13-7-9-16-10-8-13)17-11-3-5-12-4-1-2-6-14(12)17/h12-14,16H,1-11H2/t12-,14-/m1/s1. The van der Waals surface area contributed by atoms with Crippen molar-refractivity contribution in [3.63, 3.8) is 0 Å². The maximum atomic E-state index is 12.7. The molecule has 18 heavy (non-hydrogen) atoms. The number of carbonyl (C=O) groups excluding carboxylic acids is 1. The molecule has 1 N–H and O–H groups in total.